The van der Waals surface area contributed by atoms with Gasteiger partial charge in [0, 0.05) is 6.54 Å². The summed E-state index contributed by atoms with van der Waals surface area (Å²) >= 11 is 1.76. The molecule has 2 aromatic rings. The Morgan fingerprint density at radius 3 is 2.71 bits per heavy atom. The SMILES string of the molecule is CC(C)(C)c1cccc(OCCNCCc2ccsc2)c1. The highest BCUT2D eigenvalue weighted by atomic mass is 32.1. The monoisotopic (exact) mass is 303 g/mol. The molecule has 0 saturated carbocycles. The van der Waals surface area contributed by atoms with Gasteiger partial charge in [-0.3, -0.25) is 0 Å². The molecular formula is C18H25NOS. The minimum absolute atomic E-state index is 0.165. The molecule has 2 nitrogen and oxygen atoms in total. The fourth-order valence-corrected chi connectivity index (χ4v) is 2.79. The van der Waals surface area contributed by atoms with E-state index in [0.717, 1.165) is 25.3 Å². The molecule has 0 aliphatic heterocycles. The quantitative estimate of drug-likeness (QED) is 0.772. The van der Waals surface area contributed by atoms with Gasteiger partial charge in [-0.1, -0.05) is 32.9 Å². The average Bonchev–Trinajstić information content (AvgIpc) is 2.95. The molecule has 1 aromatic carbocycles. The first-order valence-electron chi connectivity index (χ1n) is 7.51. The van der Waals surface area contributed by atoms with E-state index in [1.54, 1.807) is 11.3 Å². The topological polar surface area (TPSA) is 21.3 Å². The Labute approximate surface area is 132 Å². The van der Waals surface area contributed by atoms with E-state index >= 15 is 0 Å². The highest BCUT2D eigenvalue weighted by Crippen LogP contribution is 2.25. The second-order valence-corrected chi connectivity index (χ2v) is 7.04. The highest BCUT2D eigenvalue weighted by Gasteiger charge is 2.13. The van der Waals surface area contributed by atoms with E-state index in [4.69, 9.17) is 4.74 Å². The van der Waals surface area contributed by atoms with Crippen molar-refractivity contribution in [3.8, 4) is 5.75 Å². The van der Waals surface area contributed by atoms with E-state index in [2.05, 4.69) is 61.1 Å². The van der Waals surface area contributed by atoms with Crippen molar-refractivity contribution in [3.63, 3.8) is 0 Å². The molecule has 1 N–H and O–H groups in total. The van der Waals surface area contributed by atoms with Gasteiger partial charge in [-0.15, -0.1) is 0 Å². The van der Waals surface area contributed by atoms with Gasteiger partial charge in [0.25, 0.3) is 0 Å². The standard InChI is InChI=1S/C18H25NOS/c1-18(2,3)16-5-4-6-17(13-16)20-11-10-19-9-7-15-8-12-21-14-15/h4-6,8,12-14,19H,7,9-11H2,1-3H3. The molecule has 0 amide bonds. The van der Waals surface area contributed by atoms with Crippen LogP contribution in [0.3, 0.4) is 0 Å². The van der Waals surface area contributed by atoms with Crippen LogP contribution in [-0.2, 0) is 11.8 Å². The summed E-state index contributed by atoms with van der Waals surface area (Å²) in [5.74, 6) is 0.960. The molecule has 0 aliphatic rings. The molecule has 0 unspecified atom stereocenters. The summed E-state index contributed by atoms with van der Waals surface area (Å²) in [6.45, 7) is 9.25. The lowest BCUT2D eigenvalue weighted by atomic mass is 9.87. The van der Waals surface area contributed by atoms with Crippen LogP contribution in [0.2, 0.25) is 0 Å². The van der Waals surface area contributed by atoms with Crippen LogP contribution < -0.4 is 10.1 Å². The molecule has 114 valence electrons. The number of hydrogen-bond acceptors (Lipinski definition) is 3. The molecular weight excluding hydrogens is 278 g/mol. The van der Waals surface area contributed by atoms with E-state index < -0.39 is 0 Å². The summed E-state index contributed by atoms with van der Waals surface area (Å²) in [6, 6.07) is 10.6. The van der Waals surface area contributed by atoms with Gasteiger partial charge < -0.3 is 10.1 Å². The lowest BCUT2D eigenvalue weighted by molar-refractivity contribution is 0.313. The zero-order valence-corrected chi connectivity index (χ0v) is 14.0. The lowest BCUT2D eigenvalue weighted by Gasteiger charge is -2.19. The number of thiophene rings is 1. The molecule has 1 aromatic heterocycles. The zero-order valence-electron chi connectivity index (χ0n) is 13.2. The summed E-state index contributed by atoms with van der Waals surface area (Å²) < 4.78 is 5.82. The van der Waals surface area contributed by atoms with Gasteiger partial charge in [-0.05, 0) is 58.5 Å². The first-order chi connectivity index (χ1) is 10.1. The first-order valence-corrected chi connectivity index (χ1v) is 8.45. The number of rotatable bonds is 7. The van der Waals surface area contributed by atoms with E-state index in [-0.39, 0.29) is 5.41 Å². The number of benzene rings is 1. The minimum Gasteiger partial charge on any atom is -0.492 e. The van der Waals surface area contributed by atoms with Gasteiger partial charge in [0.05, 0.1) is 0 Å². The third-order valence-electron chi connectivity index (χ3n) is 3.42. The van der Waals surface area contributed by atoms with Gasteiger partial charge in [-0.25, -0.2) is 0 Å². The lowest BCUT2D eigenvalue weighted by Crippen LogP contribution is -2.23. The largest absolute Gasteiger partial charge is 0.492 e. The van der Waals surface area contributed by atoms with Crippen LogP contribution in [-0.4, -0.2) is 19.7 Å². The van der Waals surface area contributed by atoms with Gasteiger partial charge in [0.2, 0.25) is 0 Å². The van der Waals surface area contributed by atoms with Crippen LogP contribution in [0.1, 0.15) is 31.9 Å². The maximum Gasteiger partial charge on any atom is 0.119 e. The van der Waals surface area contributed by atoms with Crippen LogP contribution in [0.15, 0.2) is 41.1 Å². The van der Waals surface area contributed by atoms with E-state index in [1.165, 1.54) is 11.1 Å². The molecule has 0 saturated heterocycles. The van der Waals surface area contributed by atoms with Crippen molar-refractivity contribution in [3.05, 3.63) is 52.2 Å². The van der Waals surface area contributed by atoms with Crippen LogP contribution in [0.4, 0.5) is 0 Å². The maximum atomic E-state index is 5.82. The van der Waals surface area contributed by atoms with E-state index in [1.807, 2.05) is 6.07 Å². The predicted molar refractivity (Wildman–Crippen MR) is 91.5 cm³/mol. The summed E-state index contributed by atoms with van der Waals surface area (Å²) in [7, 11) is 0. The van der Waals surface area contributed by atoms with Gasteiger partial charge in [-0.2, -0.15) is 11.3 Å². The zero-order chi connectivity index (χ0) is 15.1. The van der Waals surface area contributed by atoms with Crippen LogP contribution in [0, 0.1) is 0 Å². The minimum atomic E-state index is 0.165. The van der Waals surface area contributed by atoms with Crippen molar-refractivity contribution < 1.29 is 4.74 Å². The van der Waals surface area contributed by atoms with E-state index in [0.29, 0.717) is 6.61 Å². The first kappa shape index (κ1) is 16.1. The molecule has 0 aliphatic carbocycles. The molecule has 0 spiro atoms. The van der Waals surface area contributed by atoms with Crippen molar-refractivity contribution in [2.24, 2.45) is 0 Å². The predicted octanol–water partition coefficient (Wildman–Crippen LogP) is 4.26. The molecule has 0 atom stereocenters. The summed E-state index contributed by atoms with van der Waals surface area (Å²) in [4.78, 5) is 0. The highest BCUT2D eigenvalue weighted by molar-refractivity contribution is 7.07. The molecule has 0 bridgehead atoms. The van der Waals surface area contributed by atoms with Crippen molar-refractivity contribution in [1.82, 2.24) is 5.32 Å². The summed E-state index contributed by atoms with van der Waals surface area (Å²) in [5.41, 5.74) is 2.88. The van der Waals surface area contributed by atoms with Crippen LogP contribution >= 0.6 is 11.3 Å². The molecule has 1 heterocycles. The smallest absolute Gasteiger partial charge is 0.119 e. The second kappa shape index (κ2) is 7.62. The third kappa shape index (κ3) is 5.52. The number of hydrogen-bond donors (Lipinski definition) is 1. The Morgan fingerprint density at radius 2 is 2.00 bits per heavy atom. The van der Waals surface area contributed by atoms with E-state index in [9.17, 15) is 0 Å². The Morgan fingerprint density at radius 1 is 1.14 bits per heavy atom. The molecule has 2 rings (SSSR count). The van der Waals surface area contributed by atoms with Crippen molar-refractivity contribution in [1.29, 1.82) is 0 Å². The van der Waals surface area contributed by atoms with Gasteiger partial charge in [0.15, 0.2) is 0 Å². The number of ether oxygens (including phenoxy) is 1. The van der Waals surface area contributed by atoms with Crippen molar-refractivity contribution in [2.75, 3.05) is 19.7 Å². The van der Waals surface area contributed by atoms with Gasteiger partial charge in [0.1, 0.15) is 12.4 Å². The fourth-order valence-electron chi connectivity index (χ4n) is 2.09. The third-order valence-corrected chi connectivity index (χ3v) is 4.15. The molecule has 3 heteroatoms. The normalized spacial score (nSPS) is 11.6. The molecule has 21 heavy (non-hydrogen) atoms. The maximum absolute atomic E-state index is 5.82. The van der Waals surface area contributed by atoms with Crippen LogP contribution in [0.5, 0.6) is 5.75 Å². The Hall–Kier alpha value is -1.32. The van der Waals surface area contributed by atoms with Gasteiger partial charge >= 0.3 is 0 Å². The van der Waals surface area contributed by atoms with Crippen molar-refractivity contribution in [2.45, 2.75) is 32.6 Å². The molecule has 0 fully saturated rings. The second-order valence-electron chi connectivity index (χ2n) is 6.26. The summed E-state index contributed by atoms with van der Waals surface area (Å²) in [6.07, 6.45) is 1.09. The Kier molecular flexibility index (Phi) is 5.83. The number of nitrogens with one attached hydrogen (secondary N) is 1. The Bertz CT molecular complexity index is 528. The van der Waals surface area contributed by atoms with Crippen molar-refractivity contribution >= 4 is 11.3 Å². The average molecular weight is 303 g/mol. The Balaban J connectivity index is 1.67. The van der Waals surface area contributed by atoms with Crippen LogP contribution in [0.25, 0.3) is 0 Å². The fraction of sp³-hybridized carbons (Fsp3) is 0.444. The molecule has 0 radical (unpaired) electrons. The summed E-state index contributed by atoms with van der Waals surface area (Å²) in [5, 5.41) is 7.75.